The van der Waals surface area contributed by atoms with Gasteiger partial charge in [0.25, 0.3) is 0 Å². The van der Waals surface area contributed by atoms with Crippen molar-refractivity contribution in [3.8, 4) is 5.75 Å². The minimum atomic E-state index is -0.419. The fourth-order valence-electron chi connectivity index (χ4n) is 1.15. The van der Waals surface area contributed by atoms with Crippen LogP contribution >= 0.6 is 12.4 Å². The third-order valence-corrected chi connectivity index (χ3v) is 1.90. The molecule has 0 spiro atoms. The molecule has 0 saturated carbocycles. The second-order valence-corrected chi connectivity index (χ2v) is 2.73. The van der Waals surface area contributed by atoms with E-state index in [1.807, 2.05) is 6.07 Å². The second kappa shape index (κ2) is 6.27. The Bertz CT molecular complexity index is 341. The third-order valence-electron chi connectivity index (χ3n) is 1.90. The summed E-state index contributed by atoms with van der Waals surface area (Å²) in [5.74, 6) is 0.0752. The fraction of sp³-hybridized carbons (Fsp3) is 0.300. The zero-order valence-electron chi connectivity index (χ0n) is 8.65. The van der Waals surface area contributed by atoms with E-state index in [0.717, 1.165) is 5.56 Å². The Morgan fingerprint density at radius 2 is 2.07 bits per heavy atom. The number of carbonyl (C=O) groups is 1. The molecule has 0 bridgehead atoms. The molecule has 0 aliphatic heterocycles. The van der Waals surface area contributed by atoms with Gasteiger partial charge in [-0.05, 0) is 17.7 Å². The predicted molar refractivity (Wildman–Crippen MR) is 59.5 cm³/mol. The maximum absolute atomic E-state index is 11.3. The van der Waals surface area contributed by atoms with Gasteiger partial charge in [-0.3, -0.25) is 0 Å². The molecule has 5 heteroatoms. The van der Waals surface area contributed by atoms with E-state index >= 15 is 0 Å². The van der Waals surface area contributed by atoms with Gasteiger partial charge in [-0.25, -0.2) is 4.79 Å². The summed E-state index contributed by atoms with van der Waals surface area (Å²) in [5, 5.41) is 0. The van der Waals surface area contributed by atoms with Crippen LogP contribution in [0.2, 0.25) is 0 Å². The highest BCUT2D eigenvalue weighted by atomic mass is 35.5. The van der Waals surface area contributed by atoms with E-state index in [1.54, 1.807) is 12.1 Å². The molecule has 0 unspecified atom stereocenters. The quantitative estimate of drug-likeness (QED) is 0.798. The third kappa shape index (κ3) is 3.11. The molecule has 0 aliphatic rings. The summed E-state index contributed by atoms with van der Waals surface area (Å²) in [6.45, 7) is 0.383. The van der Waals surface area contributed by atoms with Crippen molar-refractivity contribution in [2.24, 2.45) is 5.73 Å². The number of ether oxygens (including phenoxy) is 2. The number of hydrogen-bond donors (Lipinski definition) is 1. The van der Waals surface area contributed by atoms with Crippen molar-refractivity contribution in [3.63, 3.8) is 0 Å². The summed E-state index contributed by atoms with van der Waals surface area (Å²) in [6.07, 6.45) is 0. The van der Waals surface area contributed by atoms with E-state index in [0.29, 0.717) is 17.9 Å². The first-order valence-electron chi connectivity index (χ1n) is 4.18. The molecule has 0 aliphatic carbocycles. The summed E-state index contributed by atoms with van der Waals surface area (Å²) < 4.78 is 9.64. The zero-order valence-corrected chi connectivity index (χ0v) is 9.47. The van der Waals surface area contributed by atoms with Crippen LogP contribution in [0.3, 0.4) is 0 Å². The summed E-state index contributed by atoms with van der Waals surface area (Å²) in [7, 11) is 2.83. The first-order chi connectivity index (χ1) is 6.72. The summed E-state index contributed by atoms with van der Waals surface area (Å²) in [4.78, 5) is 11.3. The van der Waals surface area contributed by atoms with E-state index in [2.05, 4.69) is 4.74 Å². The first kappa shape index (κ1) is 13.7. The Labute approximate surface area is 94.8 Å². The van der Waals surface area contributed by atoms with Crippen LogP contribution in [-0.2, 0) is 11.3 Å². The van der Waals surface area contributed by atoms with Crippen molar-refractivity contribution < 1.29 is 14.3 Å². The van der Waals surface area contributed by atoms with Gasteiger partial charge in [-0.2, -0.15) is 0 Å². The molecule has 1 aromatic rings. The number of nitrogens with two attached hydrogens (primary N) is 1. The van der Waals surface area contributed by atoms with Crippen molar-refractivity contribution in [3.05, 3.63) is 29.3 Å². The molecular weight excluding hydrogens is 218 g/mol. The molecule has 0 radical (unpaired) electrons. The average Bonchev–Trinajstić information content (AvgIpc) is 2.27. The standard InChI is InChI=1S/C10H13NO3.ClH/c1-13-9-4-3-7(6-11)5-8(9)10(12)14-2;/h3-5H,6,11H2,1-2H3;1H. The minimum Gasteiger partial charge on any atom is -0.496 e. The highest BCUT2D eigenvalue weighted by Crippen LogP contribution is 2.20. The SMILES string of the molecule is COC(=O)c1cc(CN)ccc1OC.Cl. The smallest absolute Gasteiger partial charge is 0.341 e. The van der Waals surface area contributed by atoms with Crippen LogP contribution in [0.1, 0.15) is 15.9 Å². The average molecular weight is 232 g/mol. The fourth-order valence-corrected chi connectivity index (χ4v) is 1.15. The number of halogens is 1. The Balaban J connectivity index is 0.00000196. The molecule has 15 heavy (non-hydrogen) atoms. The number of hydrogen-bond acceptors (Lipinski definition) is 4. The molecule has 0 heterocycles. The van der Waals surface area contributed by atoms with Crippen molar-refractivity contribution in [1.29, 1.82) is 0 Å². The zero-order chi connectivity index (χ0) is 10.6. The van der Waals surface area contributed by atoms with Crippen LogP contribution in [0.25, 0.3) is 0 Å². The van der Waals surface area contributed by atoms with Crippen molar-refractivity contribution in [2.45, 2.75) is 6.54 Å². The maximum Gasteiger partial charge on any atom is 0.341 e. The van der Waals surface area contributed by atoms with Crippen LogP contribution in [-0.4, -0.2) is 20.2 Å². The summed E-state index contributed by atoms with van der Waals surface area (Å²) >= 11 is 0. The highest BCUT2D eigenvalue weighted by Gasteiger charge is 2.12. The highest BCUT2D eigenvalue weighted by molar-refractivity contribution is 5.92. The lowest BCUT2D eigenvalue weighted by atomic mass is 10.1. The van der Waals surface area contributed by atoms with Crippen LogP contribution in [0.5, 0.6) is 5.75 Å². The van der Waals surface area contributed by atoms with Gasteiger partial charge >= 0.3 is 5.97 Å². The number of methoxy groups -OCH3 is 2. The first-order valence-corrected chi connectivity index (χ1v) is 4.18. The van der Waals surface area contributed by atoms with Gasteiger partial charge in [0.1, 0.15) is 11.3 Å². The summed E-state index contributed by atoms with van der Waals surface area (Å²) in [6, 6.07) is 5.18. The van der Waals surface area contributed by atoms with Gasteiger partial charge in [0.15, 0.2) is 0 Å². The van der Waals surface area contributed by atoms with Gasteiger partial charge < -0.3 is 15.2 Å². The Morgan fingerprint density at radius 3 is 2.53 bits per heavy atom. The molecule has 2 N–H and O–H groups in total. The summed E-state index contributed by atoms with van der Waals surface area (Å²) in [5.41, 5.74) is 6.73. The van der Waals surface area contributed by atoms with Crippen LogP contribution < -0.4 is 10.5 Å². The van der Waals surface area contributed by atoms with Gasteiger partial charge in [0, 0.05) is 6.54 Å². The van der Waals surface area contributed by atoms with Crippen molar-refractivity contribution >= 4 is 18.4 Å². The number of benzene rings is 1. The molecule has 0 fully saturated rings. The molecular formula is C10H14ClNO3. The Kier molecular flexibility index (Phi) is 5.74. The lowest BCUT2D eigenvalue weighted by Crippen LogP contribution is -2.06. The van der Waals surface area contributed by atoms with E-state index in [9.17, 15) is 4.79 Å². The van der Waals surface area contributed by atoms with Gasteiger partial charge in [-0.1, -0.05) is 6.07 Å². The lowest BCUT2D eigenvalue weighted by Gasteiger charge is -2.07. The van der Waals surface area contributed by atoms with E-state index < -0.39 is 5.97 Å². The molecule has 84 valence electrons. The van der Waals surface area contributed by atoms with Crippen LogP contribution in [0.15, 0.2) is 18.2 Å². The molecule has 0 amide bonds. The number of rotatable bonds is 3. The van der Waals surface area contributed by atoms with Crippen LogP contribution in [0.4, 0.5) is 0 Å². The van der Waals surface area contributed by atoms with E-state index in [1.165, 1.54) is 14.2 Å². The predicted octanol–water partition coefficient (Wildman–Crippen LogP) is 1.36. The normalized spacial score (nSPS) is 9.00. The lowest BCUT2D eigenvalue weighted by molar-refractivity contribution is 0.0597. The molecule has 1 aromatic carbocycles. The number of carbonyl (C=O) groups excluding carboxylic acids is 1. The van der Waals surface area contributed by atoms with E-state index in [-0.39, 0.29) is 12.4 Å². The minimum absolute atomic E-state index is 0. The maximum atomic E-state index is 11.3. The van der Waals surface area contributed by atoms with E-state index in [4.69, 9.17) is 10.5 Å². The van der Waals surface area contributed by atoms with Gasteiger partial charge in [0.2, 0.25) is 0 Å². The molecule has 0 aromatic heterocycles. The largest absolute Gasteiger partial charge is 0.496 e. The molecule has 4 nitrogen and oxygen atoms in total. The Hall–Kier alpha value is -1.26. The van der Waals surface area contributed by atoms with Gasteiger partial charge in [-0.15, -0.1) is 12.4 Å². The second-order valence-electron chi connectivity index (χ2n) is 2.73. The van der Waals surface area contributed by atoms with Crippen LogP contribution in [0, 0.1) is 0 Å². The molecule has 0 atom stereocenters. The van der Waals surface area contributed by atoms with Gasteiger partial charge in [0.05, 0.1) is 14.2 Å². The molecule has 1 rings (SSSR count). The topological polar surface area (TPSA) is 61.5 Å². The number of esters is 1. The monoisotopic (exact) mass is 231 g/mol. The van der Waals surface area contributed by atoms with Crippen molar-refractivity contribution in [2.75, 3.05) is 14.2 Å². The van der Waals surface area contributed by atoms with Crippen molar-refractivity contribution in [1.82, 2.24) is 0 Å². The molecule has 0 saturated heterocycles. The Morgan fingerprint density at radius 1 is 1.40 bits per heavy atom.